The summed E-state index contributed by atoms with van der Waals surface area (Å²) in [5.74, 6) is -0.0816. The Hall–Kier alpha value is -0.910. The van der Waals surface area contributed by atoms with Crippen molar-refractivity contribution in [3.8, 4) is 0 Å². The highest BCUT2D eigenvalue weighted by Crippen LogP contribution is 2.15. The van der Waals surface area contributed by atoms with Gasteiger partial charge in [-0.15, -0.1) is 0 Å². The van der Waals surface area contributed by atoms with Gasteiger partial charge in [-0.3, -0.25) is 4.55 Å². The summed E-state index contributed by atoms with van der Waals surface area (Å²) in [7, 11) is -3.76. The van der Waals surface area contributed by atoms with Gasteiger partial charge in [0.1, 0.15) is 0 Å². The topological polar surface area (TPSA) is 89.4 Å². The molecule has 0 aromatic heterocycles. The van der Waals surface area contributed by atoms with Crippen molar-refractivity contribution in [3.63, 3.8) is 0 Å². The number of aryl methyl sites for hydroxylation is 1. The van der Waals surface area contributed by atoms with Crippen molar-refractivity contribution >= 4 is 10.1 Å². The van der Waals surface area contributed by atoms with E-state index in [2.05, 4.69) is 30.3 Å². The monoisotopic (exact) mass is 455 g/mol. The summed E-state index contributed by atoms with van der Waals surface area (Å²) >= 11 is 0. The molecule has 0 heterocycles. The van der Waals surface area contributed by atoms with E-state index in [0.717, 1.165) is 12.8 Å². The fourth-order valence-corrected chi connectivity index (χ4v) is 4.66. The molecule has 0 amide bonds. The molecule has 5 heteroatoms. The summed E-state index contributed by atoms with van der Waals surface area (Å²) in [5, 5.41) is 0. The third kappa shape index (κ3) is 22.1. The number of rotatable bonds is 21. The third-order valence-electron chi connectivity index (χ3n) is 5.96. The van der Waals surface area contributed by atoms with Gasteiger partial charge in [-0.05, 0) is 24.8 Å². The second-order valence-electron chi connectivity index (χ2n) is 8.89. The Morgan fingerprint density at radius 1 is 0.516 bits per heavy atom. The molecule has 0 bridgehead atoms. The summed E-state index contributed by atoms with van der Waals surface area (Å²) in [6.07, 6.45) is 24.2. The lowest BCUT2D eigenvalue weighted by atomic mass is 10.0. The van der Waals surface area contributed by atoms with Gasteiger partial charge in [-0.2, -0.15) is 8.42 Å². The fourth-order valence-electron chi connectivity index (χ4n) is 4.09. The van der Waals surface area contributed by atoms with Crippen LogP contribution in [0.15, 0.2) is 30.3 Å². The predicted molar refractivity (Wildman–Crippen MR) is 135 cm³/mol. The van der Waals surface area contributed by atoms with Gasteiger partial charge in [0, 0.05) is 0 Å². The molecule has 0 aliphatic carbocycles. The van der Waals surface area contributed by atoms with Crippen molar-refractivity contribution < 1.29 is 13.0 Å². The molecule has 4 N–H and O–H groups in total. The van der Waals surface area contributed by atoms with Gasteiger partial charge in [-0.1, -0.05) is 133 Å². The highest BCUT2D eigenvalue weighted by Gasteiger charge is 2.02. The number of hydrogen-bond acceptors (Lipinski definition) is 3. The zero-order valence-electron chi connectivity index (χ0n) is 19.9. The van der Waals surface area contributed by atoms with Gasteiger partial charge in [0.25, 0.3) is 10.1 Å². The fraction of sp³-hybridized carbons (Fsp3) is 0.769. The molecule has 0 saturated carbocycles. The predicted octanol–water partition coefficient (Wildman–Crippen LogP) is 8.30. The molecule has 0 atom stereocenters. The largest absolute Gasteiger partial charge is 0.344 e. The minimum Gasteiger partial charge on any atom is -0.344 e. The highest BCUT2D eigenvalue weighted by molar-refractivity contribution is 7.85. The molecule has 0 aliphatic rings. The van der Waals surface area contributed by atoms with Crippen LogP contribution in [0.4, 0.5) is 0 Å². The Labute approximate surface area is 192 Å². The molecule has 0 radical (unpaired) electrons. The smallest absolute Gasteiger partial charge is 0.264 e. The van der Waals surface area contributed by atoms with Gasteiger partial charge in [0.2, 0.25) is 0 Å². The molecule has 0 saturated heterocycles. The summed E-state index contributed by atoms with van der Waals surface area (Å²) in [4.78, 5) is 0. The maximum Gasteiger partial charge on any atom is 0.264 e. The maximum absolute atomic E-state index is 10.6. The molecule has 1 rings (SSSR count). The molecule has 182 valence electrons. The molecular weight excluding hydrogens is 406 g/mol. The minimum atomic E-state index is -3.76. The summed E-state index contributed by atoms with van der Waals surface area (Å²) in [6, 6.07) is 10.8. The van der Waals surface area contributed by atoms with Crippen molar-refractivity contribution in [2.24, 2.45) is 0 Å². The molecule has 0 unspecified atom stereocenters. The van der Waals surface area contributed by atoms with Crippen molar-refractivity contribution in [2.45, 2.75) is 122 Å². The van der Waals surface area contributed by atoms with Gasteiger partial charge < -0.3 is 6.15 Å². The molecule has 31 heavy (non-hydrogen) atoms. The quantitative estimate of drug-likeness (QED) is 0.144. The maximum atomic E-state index is 10.6. The van der Waals surface area contributed by atoms with Crippen molar-refractivity contribution in [2.75, 3.05) is 5.75 Å². The minimum absolute atomic E-state index is 0. The Balaban J connectivity index is 0.00000900. The lowest BCUT2D eigenvalue weighted by molar-refractivity contribution is 0.478. The Kier molecular flexibility index (Phi) is 20.3. The van der Waals surface area contributed by atoms with Crippen LogP contribution in [0.3, 0.4) is 0 Å². The first-order chi connectivity index (χ1) is 14.6. The molecule has 1 aromatic carbocycles. The van der Waals surface area contributed by atoms with Crippen molar-refractivity contribution in [1.29, 1.82) is 0 Å². The van der Waals surface area contributed by atoms with Crippen LogP contribution in [0.5, 0.6) is 0 Å². The van der Waals surface area contributed by atoms with Crippen LogP contribution in [-0.2, 0) is 16.5 Å². The Morgan fingerprint density at radius 2 is 0.839 bits per heavy atom. The van der Waals surface area contributed by atoms with Gasteiger partial charge >= 0.3 is 0 Å². The normalized spacial score (nSPS) is 11.4. The van der Waals surface area contributed by atoms with Crippen LogP contribution in [0.25, 0.3) is 0 Å². The SMILES string of the molecule is N.O=S(=O)(O)CCCCCCCCCCCCCCCCCCCCc1ccccc1. The van der Waals surface area contributed by atoms with E-state index in [-0.39, 0.29) is 11.9 Å². The van der Waals surface area contributed by atoms with E-state index in [1.807, 2.05) is 0 Å². The van der Waals surface area contributed by atoms with E-state index in [0.29, 0.717) is 6.42 Å². The molecule has 1 aromatic rings. The van der Waals surface area contributed by atoms with Crippen molar-refractivity contribution in [3.05, 3.63) is 35.9 Å². The van der Waals surface area contributed by atoms with Crippen LogP contribution in [0.2, 0.25) is 0 Å². The van der Waals surface area contributed by atoms with Crippen LogP contribution < -0.4 is 6.15 Å². The summed E-state index contributed by atoms with van der Waals surface area (Å²) in [5.41, 5.74) is 1.48. The third-order valence-corrected chi connectivity index (χ3v) is 6.77. The van der Waals surface area contributed by atoms with E-state index in [4.69, 9.17) is 4.55 Å². The van der Waals surface area contributed by atoms with Crippen LogP contribution >= 0.6 is 0 Å². The molecule has 0 spiro atoms. The average Bonchev–Trinajstić information content (AvgIpc) is 2.72. The lowest BCUT2D eigenvalue weighted by Gasteiger charge is -2.04. The first-order valence-electron chi connectivity index (χ1n) is 12.6. The van der Waals surface area contributed by atoms with Crippen LogP contribution in [0, 0.1) is 0 Å². The van der Waals surface area contributed by atoms with Gasteiger partial charge in [-0.25, -0.2) is 0 Å². The zero-order chi connectivity index (χ0) is 21.8. The number of hydrogen-bond donors (Lipinski definition) is 2. The average molecular weight is 456 g/mol. The van der Waals surface area contributed by atoms with Gasteiger partial charge in [0.15, 0.2) is 0 Å². The van der Waals surface area contributed by atoms with Crippen molar-refractivity contribution in [1.82, 2.24) is 6.15 Å². The zero-order valence-corrected chi connectivity index (χ0v) is 20.7. The summed E-state index contributed by atoms with van der Waals surface area (Å²) < 4.78 is 29.9. The standard InChI is InChI=1S/C26H46O3S.H3N/c27-30(28,29)25-21-16-14-12-10-8-6-4-2-1-3-5-7-9-11-13-15-18-22-26-23-19-17-20-24-26;/h17,19-20,23-24H,1-16,18,21-22,25H2,(H,27,28,29);1H3. The van der Waals surface area contributed by atoms with E-state index < -0.39 is 10.1 Å². The van der Waals surface area contributed by atoms with Gasteiger partial charge in [0.05, 0.1) is 5.75 Å². The number of unbranched alkanes of at least 4 members (excludes halogenated alkanes) is 17. The molecule has 4 nitrogen and oxygen atoms in total. The molecular formula is C26H49NO3S. The first kappa shape index (κ1) is 30.1. The van der Waals surface area contributed by atoms with E-state index in [9.17, 15) is 8.42 Å². The molecule has 0 fully saturated rings. The van der Waals surface area contributed by atoms with E-state index in [1.54, 1.807) is 0 Å². The second kappa shape index (κ2) is 21.0. The second-order valence-corrected chi connectivity index (χ2v) is 10.5. The Morgan fingerprint density at radius 3 is 1.19 bits per heavy atom. The van der Waals surface area contributed by atoms with E-state index in [1.165, 1.54) is 108 Å². The highest BCUT2D eigenvalue weighted by atomic mass is 32.2. The molecule has 0 aliphatic heterocycles. The van der Waals surface area contributed by atoms with Crippen LogP contribution in [0.1, 0.15) is 121 Å². The van der Waals surface area contributed by atoms with E-state index >= 15 is 0 Å². The first-order valence-corrected chi connectivity index (χ1v) is 14.2. The summed E-state index contributed by atoms with van der Waals surface area (Å²) in [6.45, 7) is 0. The van der Waals surface area contributed by atoms with Crippen LogP contribution in [-0.4, -0.2) is 18.7 Å². The number of benzene rings is 1. The Bertz CT molecular complexity index is 590. The lowest BCUT2D eigenvalue weighted by Crippen LogP contribution is -2.03.